The zero-order valence-corrected chi connectivity index (χ0v) is 9.44. The maximum absolute atomic E-state index is 4.44. The highest BCUT2D eigenvalue weighted by molar-refractivity contribution is 5.29. The fourth-order valence-corrected chi connectivity index (χ4v) is 1.67. The van der Waals surface area contributed by atoms with E-state index in [0.717, 1.165) is 23.2 Å². The summed E-state index contributed by atoms with van der Waals surface area (Å²) in [5, 5.41) is 4.31. The summed E-state index contributed by atoms with van der Waals surface area (Å²) < 4.78 is 1.77. The Hall–Kier alpha value is -1.71. The van der Waals surface area contributed by atoms with Gasteiger partial charge in [0.05, 0.1) is 0 Å². The minimum absolute atomic E-state index is 0.772. The number of nitrogens with zero attached hydrogens (tertiary/aromatic N) is 4. The molecule has 2 aromatic rings. The summed E-state index contributed by atoms with van der Waals surface area (Å²) in [7, 11) is 0. The molecule has 2 aromatic heterocycles. The second-order valence-corrected chi connectivity index (χ2v) is 3.76. The van der Waals surface area contributed by atoms with E-state index in [1.54, 1.807) is 4.68 Å². The normalized spacial score (nSPS) is 10.7. The third-order valence-corrected chi connectivity index (χ3v) is 2.18. The lowest BCUT2D eigenvalue weighted by Crippen LogP contribution is -2.03. The van der Waals surface area contributed by atoms with Gasteiger partial charge >= 0.3 is 0 Å². The van der Waals surface area contributed by atoms with E-state index in [9.17, 15) is 0 Å². The van der Waals surface area contributed by atoms with Crippen molar-refractivity contribution in [3.63, 3.8) is 0 Å². The molecular formula is C11H14N4. The molecule has 15 heavy (non-hydrogen) atoms. The van der Waals surface area contributed by atoms with Crippen molar-refractivity contribution < 1.29 is 0 Å². The van der Waals surface area contributed by atoms with Crippen LogP contribution in [-0.4, -0.2) is 19.7 Å². The molecule has 0 saturated carbocycles. The van der Waals surface area contributed by atoms with Crippen molar-refractivity contribution in [3.8, 4) is 5.82 Å². The molecule has 0 saturated heterocycles. The van der Waals surface area contributed by atoms with E-state index in [2.05, 4.69) is 22.0 Å². The fraction of sp³-hybridized carbons (Fsp3) is 0.364. The predicted molar refractivity (Wildman–Crippen MR) is 58.1 cm³/mol. The summed E-state index contributed by atoms with van der Waals surface area (Å²) in [4.78, 5) is 8.70. The van der Waals surface area contributed by atoms with Crippen LogP contribution in [-0.2, 0) is 0 Å². The summed E-state index contributed by atoms with van der Waals surface area (Å²) in [6.45, 7) is 7.85. The van der Waals surface area contributed by atoms with E-state index in [1.165, 1.54) is 5.56 Å². The average molecular weight is 202 g/mol. The van der Waals surface area contributed by atoms with Gasteiger partial charge in [0.25, 0.3) is 0 Å². The molecule has 0 spiro atoms. The number of rotatable bonds is 1. The van der Waals surface area contributed by atoms with Crippen LogP contribution >= 0.6 is 0 Å². The molecule has 0 aliphatic heterocycles. The molecule has 2 heterocycles. The lowest BCUT2D eigenvalue weighted by atomic mass is 10.2. The molecule has 2 rings (SSSR count). The largest absolute Gasteiger partial charge is 0.234 e. The molecule has 0 aliphatic rings. The Labute approximate surface area is 89.0 Å². The molecule has 4 heteroatoms. The summed E-state index contributed by atoms with van der Waals surface area (Å²) in [5.74, 6) is 2.48. The van der Waals surface area contributed by atoms with Crippen LogP contribution in [0.15, 0.2) is 12.1 Å². The summed E-state index contributed by atoms with van der Waals surface area (Å²) in [6.07, 6.45) is 0. The quantitative estimate of drug-likeness (QED) is 0.709. The first kappa shape index (κ1) is 9.83. The van der Waals surface area contributed by atoms with Gasteiger partial charge in [0.15, 0.2) is 5.82 Å². The highest BCUT2D eigenvalue weighted by Crippen LogP contribution is 2.10. The molecular weight excluding hydrogens is 188 g/mol. The van der Waals surface area contributed by atoms with Gasteiger partial charge in [-0.3, -0.25) is 0 Å². The zero-order chi connectivity index (χ0) is 11.0. The van der Waals surface area contributed by atoms with Gasteiger partial charge in [-0.1, -0.05) is 0 Å². The smallest absolute Gasteiger partial charge is 0.156 e. The molecule has 78 valence electrons. The van der Waals surface area contributed by atoms with Gasteiger partial charge in [-0.15, -0.1) is 5.10 Å². The van der Waals surface area contributed by atoms with E-state index in [0.29, 0.717) is 0 Å². The molecule has 0 N–H and O–H groups in total. The molecule has 4 nitrogen and oxygen atoms in total. The topological polar surface area (TPSA) is 43.6 Å². The highest BCUT2D eigenvalue weighted by atomic mass is 15.4. The first-order valence-corrected chi connectivity index (χ1v) is 4.92. The van der Waals surface area contributed by atoms with E-state index in [1.807, 2.05) is 32.9 Å². The Morgan fingerprint density at radius 2 is 1.73 bits per heavy atom. The monoisotopic (exact) mass is 202 g/mol. The summed E-state index contributed by atoms with van der Waals surface area (Å²) >= 11 is 0. The molecule has 0 radical (unpaired) electrons. The van der Waals surface area contributed by atoms with Crippen molar-refractivity contribution in [2.75, 3.05) is 0 Å². The maximum Gasteiger partial charge on any atom is 0.156 e. The van der Waals surface area contributed by atoms with Crippen LogP contribution in [0.3, 0.4) is 0 Å². The van der Waals surface area contributed by atoms with E-state index in [-0.39, 0.29) is 0 Å². The van der Waals surface area contributed by atoms with Crippen molar-refractivity contribution in [1.82, 2.24) is 19.7 Å². The Balaban J connectivity index is 2.58. The predicted octanol–water partition coefficient (Wildman–Crippen LogP) is 1.90. The molecule has 0 amide bonds. The van der Waals surface area contributed by atoms with E-state index in [4.69, 9.17) is 0 Å². The van der Waals surface area contributed by atoms with Gasteiger partial charge < -0.3 is 0 Å². The lowest BCUT2D eigenvalue weighted by Gasteiger charge is -2.04. The SMILES string of the molecule is Cc1cc(C)nc(-n2nc(C)nc2C)c1. The van der Waals surface area contributed by atoms with Gasteiger partial charge in [0.1, 0.15) is 11.6 Å². The van der Waals surface area contributed by atoms with Gasteiger partial charge in [-0.25, -0.2) is 9.97 Å². The van der Waals surface area contributed by atoms with Crippen molar-refractivity contribution in [3.05, 3.63) is 35.0 Å². The minimum Gasteiger partial charge on any atom is -0.234 e. The van der Waals surface area contributed by atoms with Crippen LogP contribution in [0.25, 0.3) is 5.82 Å². The Morgan fingerprint density at radius 1 is 1.00 bits per heavy atom. The number of aryl methyl sites for hydroxylation is 4. The molecule has 0 atom stereocenters. The number of hydrogen-bond donors (Lipinski definition) is 0. The standard InChI is InChI=1S/C11H14N4/c1-7-5-8(2)12-11(6-7)15-10(4)13-9(3)14-15/h5-6H,1-4H3. The van der Waals surface area contributed by atoms with Crippen molar-refractivity contribution in [2.45, 2.75) is 27.7 Å². The minimum atomic E-state index is 0.772. The van der Waals surface area contributed by atoms with Gasteiger partial charge in [0, 0.05) is 5.69 Å². The van der Waals surface area contributed by atoms with Gasteiger partial charge in [-0.2, -0.15) is 4.68 Å². The first-order chi connectivity index (χ1) is 7.06. The van der Waals surface area contributed by atoms with Crippen LogP contribution in [0, 0.1) is 27.7 Å². The van der Waals surface area contributed by atoms with Crippen LogP contribution in [0.1, 0.15) is 22.9 Å². The number of aromatic nitrogens is 4. The van der Waals surface area contributed by atoms with Crippen molar-refractivity contribution >= 4 is 0 Å². The zero-order valence-electron chi connectivity index (χ0n) is 9.44. The summed E-state index contributed by atoms with van der Waals surface area (Å²) in [6, 6.07) is 4.05. The van der Waals surface area contributed by atoms with Crippen molar-refractivity contribution in [2.24, 2.45) is 0 Å². The molecule has 0 aliphatic carbocycles. The Bertz CT molecular complexity index is 479. The van der Waals surface area contributed by atoms with Crippen LogP contribution in [0.2, 0.25) is 0 Å². The second-order valence-electron chi connectivity index (χ2n) is 3.76. The van der Waals surface area contributed by atoms with Crippen LogP contribution in [0.4, 0.5) is 0 Å². The van der Waals surface area contributed by atoms with Crippen molar-refractivity contribution in [1.29, 1.82) is 0 Å². The highest BCUT2D eigenvalue weighted by Gasteiger charge is 2.06. The average Bonchev–Trinajstić information content (AvgIpc) is 2.43. The molecule has 0 unspecified atom stereocenters. The maximum atomic E-state index is 4.44. The molecule has 0 aromatic carbocycles. The molecule has 0 fully saturated rings. The fourth-order valence-electron chi connectivity index (χ4n) is 1.67. The Kier molecular flexibility index (Phi) is 2.26. The van der Waals surface area contributed by atoms with Crippen LogP contribution in [0.5, 0.6) is 0 Å². The van der Waals surface area contributed by atoms with Gasteiger partial charge in [-0.05, 0) is 45.4 Å². The van der Waals surface area contributed by atoms with Gasteiger partial charge in [0.2, 0.25) is 0 Å². The third-order valence-electron chi connectivity index (χ3n) is 2.18. The second kappa shape index (κ2) is 3.46. The third kappa shape index (κ3) is 1.88. The van der Waals surface area contributed by atoms with E-state index >= 15 is 0 Å². The lowest BCUT2D eigenvalue weighted by molar-refractivity contribution is 0.797. The van der Waals surface area contributed by atoms with Crippen LogP contribution < -0.4 is 0 Å². The summed E-state index contributed by atoms with van der Waals surface area (Å²) in [5.41, 5.74) is 2.18. The first-order valence-electron chi connectivity index (χ1n) is 4.92. The Morgan fingerprint density at radius 3 is 2.27 bits per heavy atom. The number of pyridine rings is 1. The molecule has 0 bridgehead atoms. The number of hydrogen-bond acceptors (Lipinski definition) is 3. The van der Waals surface area contributed by atoms with E-state index < -0.39 is 0 Å².